The maximum atomic E-state index is 13.8. The van der Waals surface area contributed by atoms with Gasteiger partial charge in [0.15, 0.2) is 5.82 Å². The van der Waals surface area contributed by atoms with Crippen molar-refractivity contribution >= 4 is 12.0 Å². The van der Waals surface area contributed by atoms with Crippen molar-refractivity contribution < 1.29 is 13.6 Å². The first-order chi connectivity index (χ1) is 13.1. The number of aromatic nitrogens is 3. The molecule has 0 saturated heterocycles. The van der Waals surface area contributed by atoms with Gasteiger partial charge in [-0.25, -0.2) is 4.39 Å². The average Bonchev–Trinajstić information content (AvgIpc) is 3.37. The Hall–Kier alpha value is -3.22. The third-order valence-corrected chi connectivity index (χ3v) is 4.55. The van der Waals surface area contributed by atoms with Crippen LogP contribution < -0.4 is 5.32 Å². The van der Waals surface area contributed by atoms with Gasteiger partial charge in [-0.3, -0.25) is 4.79 Å². The van der Waals surface area contributed by atoms with E-state index in [0.29, 0.717) is 17.1 Å². The number of nitrogens with zero attached hydrogens (tertiary/aromatic N) is 3. The molecule has 1 atom stereocenters. The highest BCUT2D eigenvalue weighted by Crippen LogP contribution is 2.25. The van der Waals surface area contributed by atoms with Crippen LogP contribution in [0.3, 0.4) is 0 Å². The van der Waals surface area contributed by atoms with E-state index in [2.05, 4.69) is 20.1 Å². The lowest BCUT2D eigenvalue weighted by Crippen LogP contribution is -2.27. The zero-order valence-corrected chi connectivity index (χ0v) is 14.9. The van der Waals surface area contributed by atoms with Crippen LogP contribution in [0.1, 0.15) is 36.8 Å². The van der Waals surface area contributed by atoms with E-state index in [1.54, 1.807) is 36.4 Å². The van der Waals surface area contributed by atoms with Crippen molar-refractivity contribution in [3.8, 4) is 11.3 Å². The highest BCUT2D eigenvalue weighted by molar-refractivity contribution is 5.91. The molecular formula is C20H19FN4O2. The monoisotopic (exact) mass is 366 g/mol. The van der Waals surface area contributed by atoms with Crippen molar-refractivity contribution in [2.45, 2.75) is 32.4 Å². The van der Waals surface area contributed by atoms with Crippen molar-refractivity contribution in [3.05, 3.63) is 65.7 Å². The first-order valence-corrected chi connectivity index (χ1v) is 8.87. The fourth-order valence-electron chi connectivity index (χ4n) is 3.23. The number of furan rings is 1. The molecule has 0 spiro atoms. The molecule has 2 aromatic heterocycles. The molecule has 0 aliphatic carbocycles. The molecule has 27 heavy (non-hydrogen) atoms. The fourth-order valence-corrected chi connectivity index (χ4v) is 3.23. The number of halogens is 1. The summed E-state index contributed by atoms with van der Waals surface area (Å²) in [6, 6.07) is 9.52. The van der Waals surface area contributed by atoms with Gasteiger partial charge < -0.3 is 14.3 Å². The Morgan fingerprint density at radius 2 is 2.15 bits per heavy atom. The van der Waals surface area contributed by atoms with Gasteiger partial charge in [0.05, 0.1) is 11.6 Å². The quantitative estimate of drug-likeness (QED) is 0.701. The van der Waals surface area contributed by atoms with Crippen molar-refractivity contribution in [1.82, 2.24) is 20.1 Å². The molecule has 0 saturated carbocycles. The maximum Gasteiger partial charge on any atom is 0.244 e. The van der Waals surface area contributed by atoms with Crippen LogP contribution in [0.15, 0.2) is 46.9 Å². The number of carbonyl (C=O) groups excluding carboxylic acids is 1. The molecule has 7 heteroatoms. The van der Waals surface area contributed by atoms with E-state index in [-0.39, 0.29) is 17.8 Å². The van der Waals surface area contributed by atoms with Crippen LogP contribution in [0.5, 0.6) is 0 Å². The van der Waals surface area contributed by atoms with Crippen LogP contribution in [-0.2, 0) is 17.8 Å². The summed E-state index contributed by atoms with van der Waals surface area (Å²) in [7, 11) is 0. The van der Waals surface area contributed by atoms with E-state index in [0.717, 1.165) is 31.0 Å². The molecule has 1 amide bonds. The van der Waals surface area contributed by atoms with E-state index in [1.165, 1.54) is 12.1 Å². The minimum atomic E-state index is -0.352. The summed E-state index contributed by atoms with van der Waals surface area (Å²) < 4.78 is 21.5. The Kier molecular flexibility index (Phi) is 4.58. The minimum Gasteiger partial charge on any atom is -0.457 e. The van der Waals surface area contributed by atoms with Gasteiger partial charge in [-0.15, -0.1) is 10.2 Å². The lowest BCUT2D eigenvalue weighted by molar-refractivity contribution is -0.117. The van der Waals surface area contributed by atoms with Gasteiger partial charge in [0.1, 0.15) is 23.2 Å². The number of carbonyl (C=O) groups is 1. The van der Waals surface area contributed by atoms with E-state index in [9.17, 15) is 9.18 Å². The van der Waals surface area contributed by atoms with Gasteiger partial charge in [0.25, 0.3) is 0 Å². The van der Waals surface area contributed by atoms with Crippen molar-refractivity contribution in [1.29, 1.82) is 0 Å². The van der Waals surface area contributed by atoms with Crippen LogP contribution >= 0.6 is 0 Å². The number of aryl methyl sites for hydroxylation is 1. The smallest absolute Gasteiger partial charge is 0.244 e. The summed E-state index contributed by atoms with van der Waals surface area (Å²) in [5, 5.41) is 11.2. The van der Waals surface area contributed by atoms with Crippen LogP contribution in [0, 0.1) is 5.82 Å². The van der Waals surface area contributed by atoms with Crippen molar-refractivity contribution in [3.63, 3.8) is 0 Å². The Bertz CT molecular complexity index is 1010. The largest absolute Gasteiger partial charge is 0.457 e. The van der Waals surface area contributed by atoms with Crippen LogP contribution in [0.25, 0.3) is 17.4 Å². The zero-order chi connectivity index (χ0) is 18.8. The van der Waals surface area contributed by atoms with E-state index < -0.39 is 0 Å². The summed E-state index contributed by atoms with van der Waals surface area (Å²) >= 11 is 0. The second-order valence-corrected chi connectivity index (χ2v) is 6.48. The lowest BCUT2D eigenvalue weighted by atomic mass is 10.1. The second-order valence-electron chi connectivity index (χ2n) is 6.48. The summed E-state index contributed by atoms with van der Waals surface area (Å²) in [6.07, 6.45) is 4.93. The normalized spacial score (nSPS) is 14.4. The molecule has 1 aliphatic heterocycles. The third-order valence-electron chi connectivity index (χ3n) is 4.55. The summed E-state index contributed by atoms with van der Waals surface area (Å²) in [5.74, 6) is 2.01. The lowest BCUT2D eigenvalue weighted by Gasteiger charge is -2.12. The van der Waals surface area contributed by atoms with Gasteiger partial charge in [0.2, 0.25) is 5.91 Å². The number of hydrogen-bond acceptors (Lipinski definition) is 4. The number of rotatable bonds is 5. The van der Waals surface area contributed by atoms with Crippen LogP contribution in [0.4, 0.5) is 4.39 Å². The van der Waals surface area contributed by atoms with E-state index in [4.69, 9.17) is 4.42 Å². The Morgan fingerprint density at radius 3 is 3.00 bits per heavy atom. The highest BCUT2D eigenvalue weighted by atomic mass is 19.1. The fraction of sp³-hybridized carbons (Fsp3) is 0.250. The summed E-state index contributed by atoms with van der Waals surface area (Å²) in [6.45, 7) is 2.77. The van der Waals surface area contributed by atoms with Crippen molar-refractivity contribution in [2.24, 2.45) is 0 Å². The topological polar surface area (TPSA) is 73.0 Å². The molecule has 1 N–H and O–H groups in total. The Morgan fingerprint density at radius 1 is 1.30 bits per heavy atom. The number of benzene rings is 1. The zero-order valence-electron chi connectivity index (χ0n) is 14.9. The van der Waals surface area contributed by atoms with E-state index >= 15 is 0 Å². The standard InChI is InChI=1S/C20H19FN4O2/c1-13(20-24-23-18-7-4-12-25(18)20)22-19(26)11-9-14-8-10-17(27-14)15-5-2-3-6-16(15)21/h2-3,5-6,8-11,13H,4,7,12H2,1H3,(H,22,26). The van der Waals surface area contributed by atoms with Gasteiger partial charge >= 0.3 is 0 Å². The van der Waals surface area contributed by atoms with Gasteiger partial charge in [0, 0.05) is 19.0 Å². The molecular weight excluding hydrogens is 347 g/mol. The highest BCUT2D eigenvalue weighted by Gasteiger charge is 2.21. The molecule has 3 aromatic rings. The summed E-state index contributed by atoms with van der Waals surface area (Å²) in [5.41, 5.74) is 0.385. The molecule has 138 valence electrons. The van der Waals surface area contributed by atoms with Gasteiger partial charge in [-0.05, 0) is 43.7 Å². The molecule has 3 heterocycles. The Labute approximate surface area is 155 Å². The molecule has 6 nitrogen and oxygen atoms in total. The molecule has 0 radical (unpaired) electrons. The summed E-state index contributed by atoms with van der Waals surface area (Å²) in [4.78, 5) is 12.2. The minimum absolute atomic E-state index is 0.243. The molecule has 4 rings (SSSR count). The van der Waals surface area contributed by atoms with Crippen LogP contribution in [0.2, 0.25) is 0 Å². The molecule has 0 fully saturated rings. The second kappa shape index (κ2) is 7.19. The predicted octanol–water partition coefficient (Wildman–Crippen LogP) is 3.51. The maximum absolute atomic E-state index is 13.8. The van der Waals surface area contributed by atoms with Crippen LogP contribution in [-0.4, -0.2) is 20.7 Å². The predicted molar refractivity (Wildman–Crippen MR) is 98.0 cm³/mol. The third kappa shape index (κ3) is 3.53. The number of nitrogens with one attached hydrogen (secondary N) is 1. The van der Waals surface area contributed by atoms with Gasteiger partial charge in [-0.1, -0.05) is 12.1 Å². The number of fused-ring (bicyclic) bond motifs is 1. The molecule has 1 unspecified atom stereocenters. The first-order valence-electron chi connectivity index (χ1n) is 8.87. The average molecular weight is 366 g/mol. The Balaban J connectivity index is 1.41. The van der Waals surface area contributed by atoms with Gasteiger partial charge in [-0.2, -0.15) is 0 Å². The molecule has 1 aromatic carbocycles. The number of amides is 1. The first kappa shape index (κ1) is 17.2. The SMILES string of the molecule is CC(NC(=O)C=Cc1ccc(-c2ccccc2F)o1)c1nnc2n1CCC2. The number of hydrogen-bond donors (Lipinski definition) is 1. The van der Waals surface area contributed by atoms with Crippen molar-refractivity contribution in [2.75, 3.05) is 0 Å². The molecule has 1 aliphatic rings. The molecule has 0 bridgehead atoms. The van der Waals surface area contributed by atoms with E-state index in [1.807, 2.05) is 6.92 Å².